The average molecular weight is 403 g/mol. The highest BCUT2D eigenvalue weighted by atomic mass is 19.1. The van der Waals surface area contributed by atoms with Gasteiger partial charge in [-0.15, -0.1) is 0 Å². The first-order valence-corrected chi connectivity index (χ1v) is 10.1. The van der Waals surface area contributed by atoms with Crippen molar-refractivity contribution >= 4 is 17.6 Å². The van der Waals surface area contributed by atoms with Crippen LogP contribution >= 0.6 is 0 Å². The van der Waals surface area contributed by atoms with E-state index >= 15 is 0 Å². The predicted molar refractivity (Wildman–Crippen MR) is 112 cm³/mol. The Balaban J connectivity index is 1.55. The third-order valence-corrected chi connectivity index (χ3v) is 5.54. The summed E-state index contributed by atoms with van der Waals surface area (Å²) >= 11 is 0. The molecule has 0 saturated heterocycles. The number of anilines is 1. The summed E-state index contributed by atoms with van der Waals surface area (Å²) in [6.07, 6.45) is 3.00. The van der Waals surface area contributed by atoms with E-state index in [4.69, 9.17) is 0 Å². The zero-order valence-corrected chi connectivity index (χ0v) is 16.6. The Morgan fingerprint density at radius 1 is 1.13 bits per heavy atom. The molecule has 4 rings (SSSR count). The first-order chi connectivity index (χ1) is 14.5. The van der Waals surface area contributed by atoms with Crippen molar-refractivity contribution in [3.63, 3.8) is 0 Å². The van der Waals surface area contributed by atoms with E-state index in [1.807, 2.05) is 37.3 Å². The first kappa shape index (κ1) is 19.9. The molecule has 0 aliphatic heterocycles. The molecule has 152 valence electrons. The number of Topliss-reactive ketones (excluding diaryl/α,β-unsaturated/α-hetero) is 1. The second-order valence-corrected chi connectivity index (χ2v) is 7.49. The van der Waals surface area contributed by atoms with Crippen molar-refractivity contribution in [3.8, 4) is 0 Å². The fraction of sp³-hybridized carbons (Fsp3) is 0.250. The number of amides is 1. The number of ketones is 1. The summed E-state index contributed by atoms with van der Waals surface area (Å²) in [5, 5.41) is 2.80. The van der Waals surface area contributed by atoms with Gasteiger partial charge in [-0.2, -0.15) is 0 Å². The van der Waals surface area contributed by atoms with Crippen LogP contribution in [0.15, 0.2) is 60.8 Å². The number of carbonyl (C=O) groups is 2. The maximum Gasteiger partial charge on any atom is 0.234 e. The van der Waals surface area contributed by atoms with Gasteiger partial charge in [0.25, 0.3) is 0 Å². The number of aromatic nitrogens is 2. The van der Waals surface area contributed by atoms with Gasteiger partial charge in [0.15, 0.2) is 5.78 Å². The van der Waals surface area contributed by atoms with Gasteiger partial charge in [-0.05, 0) is 42.0 Å². The molecule has 0 bridgehead atoms. The topological polar surface area (TPSA) is 72.0 Å². The number of fused-ring (bicyclic) bond motifs is 1. The van der Waals surface area contributed by atoms with Gasteiger partial charge < -0.3 is 0 Å². The highest BCUT2D eigenvalue weighted by Gasteiger charge is 2.28. The fourth-order valence-electron chi connectivity index (χ4n) is 3.93. The van der Waals surface area contributed by atoms with E-state index < -0.39 is 0 Å². The molecule has 2 atom stereocenters. The Hall–Kier alpha value is -3.41. The highest BCUT2D eigenvalue weighted by molar-refractivity contribution is 5.99. The van der Waals surface area contributed by atoms with Gasteiger partial charge in [0.2, 0.25) is 11.9 Å². The van der Waals surface area contributed by atoms with E-state index in [2.05, 4.69) is 15.3 Å². The van der Waals surface area contributed by atoms with Crippen LogP contribution in [0.5, 0.6) is 0 Å². The van der Waals surface area contributed by atoms with Crippen molar-refractivity contribution in [2.24, 2.45) is 0 Å². The predicted octanol–water partition coefficient (Wildman–Crippen LogP) is 4.66. The third-order valence-electron chi connectivity index (χ3n) is 5.54. The standard InChI is InChI=1S/C24H22FN3O2/c1-2-19(16-6-4-3-5-7-16)23(30)28-24-26-14-20-21(27-24)12-17(13-22(20)29)15-8-10-18(25)11-9-15/h3-11,14,17,19H,2,12-13H2,1H3,(H,26,27,28,30)/t17-,19-/m1/s1. The number of carbonyl (C=O) groups excluding carboxylic acids is 2. The van der Waals surface area contributed by atoms with Crippen molar-refractivity contribution < 1.29 is 14.0 Å². The Morgan fingerprint density at radius 2 is 1.87 bits per heavy atom. The molecule has 1 heterocycles. The molecule has 0 unspecified atom stereocenters. The number of benzene rings is 2. The molecule has 2 aromatic carbocycles. The average Bonchev–Trinajstić information content (AvgIpc) is 2.75. The normalized spacial score (nSPS) is 16.6. The van der Waals surface area contributed by atoms with E-state index in [0.717, 1.165) is 11.1 Å². The lowest BCUT2D eigenvalue weighted by atomic mass is 9.82. The van der Waals surface area contributed by atoms with Crippen molar-refractivity contribution in [1.82, 2.24) is 9.97 Å². The number of halogens is 1. The second kappa shape index (κ2) is 8.53. The summed E-state index contributed by atoms with van der Waals surface area (Å²) in [5.41, 5.74) is 2.93. The molecule has 0 fully saturated rings. The molecule has 1 aromatic heterocycles. The Labute approximate surface area is 174 Å². The summed E-state index contributed by atoms with van der Waals surface area (Å²) < 4.78 is 13.2. The monoisotopic (exact) mass is 403 g/mol. The van der Waals surface area contributed by atoms with Crippen molar-refractivity contribution in [1.29, 1.82) is 0 Å². The largest absolute Gasteiger partial charge is 0.294 e. The van der Waals surface area contributed by atoms with Crippen LogP contribution in [0.4, 0.5) is 10.3 Å². The maximum absolute atomic E-state index is 13.2. The Bertz CT molecular complexity index is 1070. The molecule has 1 N–H and O–H groups in total. The third kappa shape index (κ3) is 4.13. The number of rotatable bonds is 5. The van der Waals surface area contributed by atoms with Crippen molar-refractivity contribution in [3.05, 3.63) is 89.0 Å². The molecule has 6 heteroatoms. The Kier molecular flexibility index (Phi) is 5.65. The molecule has 3 aromatic rings. The summed E-state index contributed by atoms with van der Waals surface area (Å²) in [6, 6.07) is 15.8. The first-order valence-electron chi connectivity index (χ1n) is 10.1. The number of hydrogen-bond donors (Lipinski definition) is 1. The number of hydrogen-bond acceptors (Lipinski definition) is 4. The van der Waals surface area contributed by atoms with E-state index in [1.54, 1.807) is 12.1 Å². The minimum absolute atomic E-state index is 0.0424. The summed E-state index contributed by atoms with van der Waals surface area (Å²) in [4.78, 5) is 34.0. The van der Waals surface area contributed by atoms with Crippen LogP contribution in [-0.4, -0.2) is 21.7 Å². The van der Waals surface area contributed by atoms with Gasteiger partial charge in [0.1, 0.15) is 5.82 Å². The Morgan fingerprint density at radius 3 is 2.57 bits per heavy atom. The lowest BCUT2D eigenvalue weighted by Gasteiger charge is -2.23. The molecule has 0 saturated carbocycles. The van der Waals surface area contributed by atoms with Crippen LogP contribution in [0.3, 0.4) is 0 Å². The summed E-state index contributed by atoms with van der Waals surface area (Å²) in [5.74, 6) is -0.713. The lowest BCUT2D eigenvalue weighted by molar-refractivity contribution is -0.117. The van der Waals surface area contributed by atoms with Gasteiger partial charge >= 0.3 is 0 Å². The van der Waals surface area contributed by atoms with Crippen LogP contribution in [-0.2, 0) is 11.2 Å². The van der Waals surface area contributed by atoms with Crippen LogP contribution in [0.2, 0.25) is 0 Å². The van der Waals surface area contributed by atoms with Crippen LogP contribution in [0, 0.1) is 5.82 Å². The SMILES string of the molecule is CC[C@@H](C(=O)Nc1ncc2c(n1)C[C@@H](c1ccc(F)cc1)CC2=O)c1ccccc1. The van der Waals surface area contributed by atoms with Crippen LogP contribution in [0.1, 0.15) is 58.8 Å². The molecule has 1 aliphatic rings. The van der Waals surface area contributed by atoms with E-state index in [0.29, 0.717) is 30.5 Å². The molecule has 0 radical (unpaired) electrons. The van der Waals surface area contributed by atoms with E-state index in [1.165, 1.54) is 18.3 Å². The highest BCUT2D eigenvalue weighted by Crippen LogP contribution is 2.32. The summed E-state index contributed by atoms with van der Waals surface area (Å²) in [6.45, 7) is 1.96. The fourth-order valence-corrected chi connectivity index (χ4v) is 3.93. The maximum atomic E-state index is 13.2. The number of nitrogens with one attached hydrogen (secondary N) is 1. The second-order valence-electron chi connectivity index (χ2n) is 7.49. The van der Waals surface area contributed by atoms with Gasteiger partial charge in [0.05, 0.1) is 17.2 Å². The molecular formula is C24H22FN3O2. The molecule has 0 spiro atoms. The zero-order valence-electron chi connectivity index (χ0n) is 16.6. The van der Waals surface area contributed by atoms with Crippen molar-refractivity contribution in [2.75, 3.05) is 5.32 Å². The smallest absolute Gasteiger partial charge is 0.234 e. The molecule has 30 heavy (non-hydrogen) atoms. The van der Waals surface area contributed by atoms with Gasteiger partial charge in [-0.25, -0.2) is 14.4 Å². The lowest BCUT2D eigenvalue weighted by Crippen LogP contribution is -2.24. The minimum Gasteiger partial charge on any atom is -0.294 e. The summed E-state index contributed by atoms with van der Waals surface area (Å²) in [7, 11) is 0. The minimum atomic E-state index is -0.308. The molecule has 1 aliphatic carbocycles. The van der Waals surface area contributed by atoms with Gasteiger partial charge in [-0.1, -0.05) is 49.4 Å². The van der Waals surface area contributed by atoms with Crippen LogP contribution in [0.25, 0.3) is 0 Å². The van der Waals surface area contributed by atoms with Gasteiger partial charge in [-0.3, -0.25) is 14.9 Å². The molecule has 1 amide bonds. The van der Waals surface area contributed by atoms with E-state index in [-0.39, 0.29) is 35.3 Å². The van der Waals surface area contributed by atoms with Crippen molar-refractivity contribution in [2.45, 2.75) is 38.0 Å². The zero-order chi connectivity index (χ0) is 21.1. The van der Waals surface area contributed by atoms with Crippen LogP contribution < -0.4 is 5.32 Å². The molecular weight excluding hydrogens is 381 g/mol. The van der Waals surface area contributed by atoms with E-state index in [9.17, 15) is 14.0 Å². The molecule has 5 nitrogen and oxygen atoms in total. The number of nitrogens with zero attached hydrogens (tertiary/aromatic N) is 2. The van der Waals surface area contributed by atoms with Gasteiger partial charge in [0, 0.05) is 12.6 Å². The quantitative estimate of drug-likeness (QED) is 0.672.